The molecule has 2 unspecified atom stereocenters. The number of phenolic OH excluding ortho intramolecular Hbond substituents is 2. The minimum absolute atomic E-state index is 0.0105. The van der Waals surface area contributed by atoms with E-state index in [0.717, 1.165) is 56.2 Å². The average Bonchev–Trinajstić information content (AvgIpc) is 2.78. The zero-order valence-electron chi connectivity index (χ0n) is 18.3. The number of phenols is 2. The van der Waals surface area contributed by atoms with Crippen molar-refractivity contribution in [2.24, 2.45) is 5.73 Å². The lowest BCUT2D eigenvalue weighted by molar-refractivity contribution is -0.385. The van der Waals surface area contributed by atoms with Crippen molar-refractivity contribution in [3.63, 3.8) is 0 Å². The maximum absolute atomic E-state index is 11.0. The van der Waals surface area contributed by atoms with Crippen LogP contribution in [0.5, 0.6) is 17.2 Å². The highest BCUT2D eigenvalue weighted by Gasteiger charge is 2.29. The molecule has 32 heavy (non-hydrogen) atoms. The van der Waals surface area contributed by atoms with E-state index in [1.165, 1.54) is 6.07 Å². The number of fused-ring (bicyclic) bond motifs is 1. The first-order chi connectivity index (χ1) is 15.5. The number of benzene rings is 2. The molecule has 8 heteroatoms. The molecular formula is C24H33N3O5. The summed E-state index contributed by atoms with van der Waals surface area (Å²) in [5.74, 6) is 0.474. The van der Waals surface area contributed by atoms with E-state index in [1.54, 1.807) is 24.3 Å². The summed E-state index contributed by atoms with van der Waals surface area (Å²) in [5, 5.41) is 34.2. The van der Waals surface area contributed by atoms with Crippen LogP contribution in [0.25, 0.3) is 0 Å². The van der Waals surface area contributed by atoms with Gasteiger partial charge < -0.3 is 26.0 Å². The molecular weight excluding hydrogens is 410 g/mol. The van der Waals surface area contributed by atoms with E-state index in [0.29, 0.717) is 25.3 Å². The maximum Gasteiger partial charge on any atom is 0.310 e. The number of nitrogens with one attached hydrogen (secondary N) is 1. The molecule has 0 amide bonds. The van der Waals surface area contributed by atoms with Crippen molar-refractivity contribution in [1.82, 2.24) is 5.32 Å². The number of para-hydroxylation sites is 2. The summed E-state index contributed by atoms with van der Waals surface area (Å²) in [6.07, 6.45) is 6.85. The Morgan fingerprint density at radius 1 is 1.09 bits per heavy atom. The van der Waals surface area contributed by atoms with Gasteiger partial charge in [0, 0.05) is 24.2 Å². The average molecular weight is 444 g/mol. The fourth-order valence-corrected chi connectivity index (χ4v) is 4.42. The van der Waals surface area contributed by atoms with Crippen molar-refractivity contribution in [3.05, 3.63) is 57.6 Å². The van der Waals surface area contributed by atoms with Gasteiger partial charge in [0.2, 0.25) is 0 Å². The molecule has 0 aliphatic heterocycles. The van der Waals surface area contributed by atoms with Gasteiger partial charge in [-0.05, 0) is 55.8 Å². The number of nitro benzene ring substituents is 1. The van der Waals surface area contributed by atoms with E-state index in [-0.39, 0.29) is 29.1 Å². The number of nitrogens with zero attached hydrogens (tertiary/aromatic N) is 1. The van der Waals surface area contributed by atoms with Crippen LogP contribution in [-0.4, -0.2) is 40.9 Å². The Morgan fingerprint density at radius 3 is 2.69 bits per heavy atom. The fourth-order valence-electron chi connectivity index (χ4n) is 4.42. The van der Waals surface area contributed by atoms with Gasteiger partial charge in [-0.2, -0.15) is 0 Å². The molecule has 0 radical (unpaired) electrons. The third-order valence-corrected chi connectivity index (χ3v) is 6.16. The molecule has 2 aromatic rings. The highest BCUT2D eigenvalue weighted by atomic mass is 16.6. The molecule has 2 atom stereocenters. The summed E-state index contributed by atoms with van der Waals surface area (Å²) in [7, 11) is 0. The number of nitrogens with two attached hydrogens (primary N) is 1. The molecule has 0 bridgehead atoms. The molecule has 1 aliphatic carbocycles. The van der Waals surface area contributed by atoms with Crippen LogP contribution in [0.2, 0.25) is 0 Å². The van der Waals surface area contributed by atoms with Crippen LogP contribution in [0.4, 0.5) is 5.69 Å². The first kappa shape index (κ1) is 23.8. The minimum Gasteiger partial charge on any atom is -0.504 e. The van der Waals surface area contributed by atoms with Crippen molar-refractivity contribution >= 4 is 5.69 Å². The number of rotatable bonds is 12. The lowest BCUT2D eigenvalue weighted by atomic mass is 9.76. The first-order valence-corrected chi connectivity index (χ1v) is 11.3. The lowest BCUT2D eigenvalue weighted by Crippen LogP contribution is -2.33. The highest BCUT2D eigenvalue weighted by molar-refractivity contribution is 5.51. The van der Waals surface area contributed by atoms with Crippen molar-refractivity contribution in [3.8, 4) is 17.2 Å². The number of aromatic hydroxyl groups is 2. The van der Waals surface area contributed by atoms with Gasteiger partial charge in [-0.3, -0.25) is 10.1 Å². The number of nitro groups is 1. The standard InChI is InChI=1S/C24H33N3O5/c25-20-12-10-19-17(11-13-22(28)24(19)29)18(20)7-3-1-2-6-14-26-15-16-32-23-9-5-4-8-21(23)27(30)31/h4-5,8-9,11,13,18,20,26,28-29H,1-3,6-7,10,12,14-16,25H2. The quantitative estimate of drug-likeness (QED) is 0.169. The van der Waals surface area contributed by atoms with E-state index < -0.39 is 4.92 Å². The molecule has 0 saturated heterocycles. The number of ether oxygens (including phenoxy) is 1. The van der Waals surface area contributed by atoms with Crippen molar-refractivity contribution in [1.29, 1.82) is 0 Å². The van der Waals surface area contributed by atoms with Crippen molar-refractivity contribution in [2.45, 2.75) is 56.9 Å². The largest absolute Gasteiger partial charge is 0.504 e. The third-order valence-electron chi connectivity index (χ3n) is 6.16. The van der Waals surface area contributed by atoms with Gasteiger partial charge in [-0.1, -0.05) is 37.5 Å². The second-order valence-electron chi connectivity index (χ2n) is 8.34. The molecule has 0 heterocycles. The Kier molecular flexibility index (Phi) is 8.70. The number of hydrogen-bond donors (Lipinski definition) is 4. The van der Waals surface area contributed by atoms with Crippen LogP contribution >= 0.6 is 0 Å². The summed E-state index contributed by atoms with van der Waals surface area (Å²) in [5.41, 5.74) is 8.28. The van der Waals surface area contributed by atoms with Crippen LogP contribution < -0.4 is 15.8 Å². The van der Waals surface area contributed by atoms with Crippen LogP contribution in [0, 0.1) is 10.1 Å². The lowest BCUT2D eigenvalue weighted by Gasteiger charge is -2.32. The summed E-state index contributed by atoms with van der Waals surface area (Å²) in [6, 6.07) is 9.95. The predicted octanol–water partition coefficient (Wildman–Crippen LogP) is 3.98. The van der Waals surface area contributed by atoms with Gasteiger partial charge in [-0.15, -0.1) is 0 Å². The second kappa shape index (κ2) is 11.7. The van der Waals surface area contributed by atoms with Gasteiger partial charge >= 0.3 is 5.69 Å². The summed E-state index contributed by atoms with van der Waals surface area (Å²) in [6.45, 7) is 1.89. The Hall–Kier alpha value is -2.84. The Morgan fingerprint density at radius 2 is 1.88 bits per heavy atom. The predicted molar refractivity (Wildman–Crippen MR) is 123 cm³/mol. The molecule has 2 aromatic carbocycles. The van der Waals surface area contributed by atoms with E-state index in [1.807, 2.05) is 6.07 Å². The van der Waals surface area contributed by atoms with Gasteiger partial charge in [-0.25, -0.2) is 0 Å². The zero-order valence-corrected chi connectivity index (χ0v) is 18.3. The van der Waals surface area contributed by atoms with Crippen LogP contribution in [-0.2, 0) is 6.42 Å². The second-order valence-corrected chi connectivity index (χ2v) is 8.34. The van der Waals surface area contributed by atoms with Crippen LogP contribution in [0.1, 0.15) is 55.6 Å². The summed E-state index contributed by atoms with van der Waals surface area (Å²) in [4.78, 5) is 10.5. The topological polar surface area (TPSA) is 131 Å². The van der Waals surface area contributed by atoms with Gasteiger partial charge in [0.1, 0.15) is 6.61 Å². The molecule has 174 valence electrons. The van der Waals surface area contributed by atoms with Gasteiger partial charge in [0.05, 0.1) is 4.92 Å². The van der Waals surface area contributed by atoms with E-state index in [9.17, 15) is 20.3 Å². The third kappa shape index (κ3) is 6.11. The van der Waals surface area contributed by atoms with Gasteiger partial charge in [0.15, 0.2) is 17.2 Å². The van der Waals surface area contributed by atoms with E-state index in [4.69, 9.17) is 10.5 Å². The fraction of sp³-hybridized carbons (Fsp3) is 0.500. The maximum atomic E-state index is 11.0. The van der Waals surface area contributed by atoms with Crippen molar-refractivity contribution in [2.75, 3.05) is 19.7 Å². The first-order valence-electron chi connectivity index (χ1n) is 11.3. The normalized spacial score (nSPS) is 17.7. The van der Waals surface area contributed by atoms with Crippen LogP contribution in [0.3, 0.4) is 0 Å². The summed E-state index contributed by atoms with van der Waals surface area (Å²) >= 11 is 0. The van der Waals surface area contributed by atoms with E-state index >= 15 is 0 Å². The molecule has 0 saturated carbocycles. The van der Waals surface area contributed by atoms with Crippen LogP contribution in [0.15, 0.2) is 36.4 Å². The Bertz CT molecular complexity index is 905. The molecule has 8 nitrogen and oxygen atoms in total. The zero-order chi connectivity index (χ0) is 22.9. The summed E-state index contributed by atoms with van der Waals surface area (Å²) < 4.78 is 5.52. The molecule has 0 aromatic heterocycles. The molecule has 5 N–H and O–H groups in total. The Balaban J connectivity index is 1.29. The number of hydrogen-bond acceptors (Lipinski definition) is 7. The minimum atomic E-state index is -0.436. The van der Waals surface area contributed by atoms with Crippen molar-refractivity contribution < 1.29 is 19.9 Å². The number of unbranched alkanes of at least 4 members (excludes halogenated alkanes) is 3. The molecule has 0 spiro atoms. The SMILES string of the molecule is NC1CCc2c(ccc(O)c2O)C1CCCCCCNCCOc1ccccc1[N+](=O)[O-]. The monoisotopic (exact) mass is 443 g/mol. The molecule has 3 rings (SSSR count). The molecule has 1 aliphatic rings. The van der Waals surface area contributed by atoms with E-state index in [2.05, 4.69) is 5.32 Å². The van der Waals surface area contributed by atoms with Gasteiger partial charge in [0.25, 0.3) is 0 Å². The Labute approximate surface area is 188 Å². The smallest absolute Gasteiger partial charge is 0.310 e. The highest BCUT2D eigenvalue weighted by Crippen LogP contribution is 2.42. The molecule has 0 fully saturated rings.